The predicted octanol–water partition coefficient (Wildman–Crippen LogP) is 6.41. The molecule has 3 N–H and O–H groups in total. The van der Waals surface area contributed by atoms with E-state index in [1.165, 1.54) is 37.7 Å². The molecular formula is C31H35N5O2. The lowest BCUT2D eigenvalue weighted by atomic mass is 9.84. The average Bonchev–Trinajstić information content (AvgIpc) is 3.39. The molecule has 196 valence electrons. The molecule has 0 spiro atoms. The summed E-state index contributed by atoms with van der Waals surface area (Å²) in [7, 11) is 0. The number of aromatic hydroxyl groups is 1. The van der Waals surface area contributed by atoms with Gasteiger partial charge < -0.3 is 15.7 Å². The molecular weight excluding hydrogens is 474 g/mol. The van der Waals surface area contributed by atoms with Gasteiger partial charge >= 0.3 is 0 Å². The Morgan fingerprint density at radius 2 is 1.82 bits per heavy atom. The molecule has 0 saturated heterocycles. The van der Waals surface area contributed by atoms with Crippen LogP contribution in [0.3, 0.4) is 0 Å². The van der Waals surface area contributed by atoms with Crippen molar-refractivity contribution < 1.29 is 9.90 Å². The van der Waals surface area contributed by atoms with Gasteiger partial charge in [0, 0.05) is 35.8 Å². The number of benzene rings is 2. The van der Waals surface area contributed by atoms with Gasteiger partial charge in [-0.2, -0.15) is 9.61 Å². The first-order valence-electron chi connectivity index (χ1n) is 13.6. The van der Waals surface area contributed by atoms with Gasteiger partial charge in [-0.15, -0.1) is 0 Å². The van der Waals surface area contributed by atoms with Crippen molar-refractivity contribution in [1.29, 1.82) is 0 Å². The van der Waals surface area contributed by atoms with Crippen LogP contribution in [0.5, 0.6) is 5.75 Å². The normalized spacial score (nSPS) is 13.9. The lowest BCUT2D eigenvalue weighted by molar-refractivity contribution is 0.0953. The molecule has 0 bridgehead atoms. The second kappa shape index (κ2) is 11.9. The number of aromatic nitrogens is 3. The minimum Gasteiger partial charge on any atom is -0.507 e. The van der Waals surface area contributed by atoms with Crippen molar-refractivity contribution in [1.82, 2.24) is 19.9 Å². The number of anilines is 1. The third kappa shape index (κ3) is 5.72. The predicted molar refractivity (Wildman–Crippen MR) is 153 cm³/mol. The van der Waals surface area contributed by atoms with Crippen molar-refractivity contribution in [2.45, 2.75) is 50.9 Å². The molecule has 1 amide bonds. The molecule has 2 aromatic heterocycles. The summed E-state index contributed by atoms with van der Waals surface area (Å²) in [6.45, 7) is 5.18. The number of fused-ring (bicyclic) bond motifs is 1. The van der Waals surface area contributed by atoms with Gasteiger partial charge in [0.15, 0.2) is 5.65 Å². The molecule has 7 heteroatoms. The van der Waals surface area contributed by atoms with Crippen LogP contribution in [0.2, 0.25) is 0 Å². The van der Waals surface area contributed by atoms with E-state index in [4.69, 9.17) is 4.98 Å². The maximum absolute atomic E-state index is 12.6. The molecule has 0 aliphatic heterocycles. The first-order chi connectivity index (χ1) is 18.6. The van der Waals surface area contributed by atoms with E-state index in [1.54, 1.807) is 28.9 Å². The highest BCUT2D eigenvalue weighted by atomic mass is 16.3. The molecule has 2 heterocycles. The van der Waals surface area contributed by atoms with Gasteiger partial charge in [-0.1, -0.05) is 56.2 Å². The summed E-state index contributed by atoms with van der Waals surface area (Å²) in [5.41, 5.74) is 4.88. The lowest BCUT2D eigenvalue weighted by Gasteiger charge is -2.22. The third-order valence-electron chi connectivity index (χ3n) is 7.34. The molecule has 4 aromatic rings. The van der Waals surface area contributed by atoms with Crippen molar-refractivity contribution in [2.75, 3.05) is 18.4 Å². The standard InChI is InChI=1S/C31H35N5O2/c1-2-22-21-34-36-29(20-27(35-30(22)36)26-12-6-7-13-28(26)37)32-18-8-9-19-33-31(38)25-16-14-24(15-17-25)23-10-4-3-5-11-23/h2,6-7,12-17,20-21,23,32,37H,1,3-5,8-11,18-19H2,(H,33,38). The van der Waals surface area contributed by atoms with E-state index in [9.17, 15) is 9.90 Å². The Bertz CT molecular complexity index is 1400. The SMILES string of the molecule is C=Cc1cnn2c(NCCCCNC(=O)c3ccc(C4CCCCC4)cc3)cc(-c3ccccc3O)nc12. The number of unbranched alkanes of at least 4 members (excludes halogenated alkanes) is 1. The number of carbonyl (C=O) groups is 1. The Kier molecular flexibility index (Phi) is 8.02. The minimum absolute atomic E-state index is 0.0233. The summed E-state index contributed by atoms with van der Waals surface area (Å²) in [6.07, 6.45) is 11.6. The van der Waals surface area contributed by atoms with Crippen LogP contribution in [0.1, 0.15) is 72.3 Å². The summed E-state index contributed by atoms with van der Waals surface area (Å²) in [6, 6.07) is 17.2. The first kappa shape index (κ1) is 25.5. The third-order valence-corrected chi connectivity index (χ3v) is 7.34. The van der Waals surface area contributed by atoms with Gasteiger partial charge in [0.25, 0.3) is 5.91 Å². The van der Waals surface area contributed by atoms with E-state index in [0.29, 0.717) is 35.9 Å². The number of phenolic OH excluding ortho intramolecular Hbond substituents is 1. The Balaban J connectivity index is 1.14. The first-order valence-corrected chi connectivity index (χ1v) is 13.6. The number of hydrogen-bond acceptors (Lipinski definition) is 5. The van der Waals surface area contributed by atoms with E-state index in [0.717, 1.165) is 29.8 Å². The fourth-order valence-corrected chi connectivity index (χ4v) is 5.19. The van der Waals surface area contributed by atoms with Crippen LogP contribution in [0.25, 0.3) is 23.0 Å². The van der Waals surface area contributed by atoms with Crippen LogP contribution in [0.15, 0.2) is 67.4 Å². The highest BCUT2D eigenvalue weighted by Crippen LogP contribution is 2.33. The van der Waals surface area contributed by atoms with E-state index in [2.05, 4.69) is 34.4 Å². The zero-order chi connectivity index (χ0) is 26.3. The lowest BCUT2D eigenvalue weighted by Crippen LogP contribution is -2.24. The maximum Gasteiger partial charge on any atom is 0.251 e. The number of phenols is 1. The van der Waals surface area contributed by atoms with Crippen LogP contribution in [-0.4, -0.2) is 38.7 Å². The highest BCUT2D eigenvalue weighted by molar-refractivity contribution is 5.94. The van der Waals surface area contributed by atoms with Crippen molar-refractivity contribution >= 4 is 23.4 Å². The quantitative estimate of drug-likeness (QED) is 0.215. The van der Waals surface area contributed by atoms with E-state index in [1.807, 2.05) is 30.3 Å². The summed E-state index contributed by atoms with van der Waals surface area (Å²) in [5, 5.41) is 21.3. The van der Waals surface area contributed by atoms with Gasteiger partial charge in [0.1, 0.15) is 11.6 Å². The monoisotopic (exact) mass is 509 g/mol. The number of carbonyl (C=O) groups excluding carboxylic acids is 1. The van der Waals surface area contributed by atoms with Crippen LogP contribution < -0.4 is 10.6 Å². The number of hydrogen-bond donors (Lipinski definition) is 3. The maximum atomic E-state index is 12.6. The Morgan fingerprint density at radius 3 is 2.58 bits per heavy atom. The van der Waals surface area contributed by atoms with E-state index in [-0.39, 0.29) is 11.7 Å². The molecule has 0 atom stereocenters. The largest absolute Gasteiger partial charge is 0.507 e. The zero-order valence-electron chi connectivity index (χ0n) is 21.7. The van der Waals surface area contributed by atoms with Gasteiger partial charge in [-0.25, -0.2) is 4.98 Å². The molecule has 0 unspecified atom stereocenters. The second-order valence-electron chi connectivity index (χ2n) is 9.93. The number of nitrogens with one attached hydrogen (secondary N) is 2. The summed E-state index contributed by atoms with van der Waals surface area (Å²) >= 11 is 0. The zero-order valence-corrected chi connectivity index (χ0v) is 21.7. The molecule has 1 fully saturated rings. The summed E-state index contributed by atoms with van der Waals surface area (Å²) < 4.78 is 1.75. The molecule has 5 rings (SSSR count). The van der Waals surface area contributed by atoms with E-state index >= 15 is 0 Å². The van der Waals surface area contributed by atoms with Gasteiger partial charge in [-0.05, 0) is 61.4 Å². The second-order valence-corrected chi connectivity index (χ2v) is 9.93. The number of para-hydroxylation sites is 1. The Hall–Kier alpha value is -4.13. The number of amides is 1. The number of nitrogens with zero attached hydrogens (tertiary/aromatic N) is 3. The smallest absolute Gasteiger partial charge is 0.251 e. The van der Waals surface area contributed by atoms with Gasteiger partial charge in [-0.3, -0.25) is 4.79 Å². The Labute approximate surface area is 223 Å². The van der Waals surface area contributed by atoms with Crippen molar-refractivity contribution in [3.63, 3.8) is 0 Å². The molecule has 7 nitrogen and oxygen atoms in total. The van der Waals surface area contributed by atoms with Crippen molar-refractivity contribution in [3.05, 3.63) is 84.1 Å². The molecule has 0 radical (unpaired) electrons. The van der Waals surface area contributed by atoms with Crippen molar-refractivity contribution in [3.8, 4) is 17.0 Å². The molecule has 1 aliphatic rings. The molecule has 2 aromatic carbocycles. The Morgan fingerprint density at radius 1 is 1.05 bits per heavy atom. The van der Waals surface area contributed by atoms with E-state index < -0.39 is 0 Å². The summed E-state index contributed by atoms with van der Waals surface area (Å²) in [5.74, 6) is 1.58. The molecule has 38 heavy (non-hydrogen) atoms. The van der Waals surface area contributed by atoms with Gasteiger partial charge in [0.05, 0.1) is 11.9 Å². The van der Waals surface area contributed by atoms with Crippen molar-refractivity contribution in [2.24, 2.45) is 0 Å². The summed E-state index contributed by atoms with van der Waals surface area (Å²) in [4.78, 5) is 17.3. The number of rotatable bonds is 10. The molecule has 1 aliphatic carbocycles. The minimum atomic E-state index is -0.0233. The van der Waals surface area contributed by atoms with Crippen LogP contribution >= 0.6 is 0 Å². The van der Waals surface area contributed by atoms with Crippen LogP contribution in [-0.2, 0) is 0 Å². The topological polar surface area (TPSA) is 91.5 Å². The van der Waals surface area contributed by atoms with Crippen LogP contribution in [0.4, 0.5) is 5.82 Å². The highest BCUT2D eigenvalue weighted by Gasteiger charge is 2.16. The average molecular weight is 510 g/mol. The van der Waals surface area contributed by atoms with Crippen LogP contribution in [0, 0.1) is 0 Å². The fraction of sp³-hybridized carbons (Fsp3) is 0.323. The fourth-order valence-electron chi connectivity index (χ4n) is 5.19. The van der Waals surface area contributed by atoms with Gasteiger partial charge in [0.2, 0.25) is 0 Å². The molecule has 1 saturated carbocycles.